The molecule has 0 bridgehead atoms. The summed E-state index contributed by atoms with van der Waals surface area (Å²) >= 11 is 4.33. The fourth-order valence-electron chi connectivity index (χ4n) is 2.57. The Balaban J connectivity index is 0.000000720. The normalized spacial score (nSPS) is 40.2. The molecule has 0 amide bonds. The van der Waals surface area contributed by atoms with Crippen molar-refractivity contribution in [2.75, 3.05) is 5.75 Å². The first kappa shape index (κ1) is 10.7. The molecule has 3 heteroatoms. The van der Waals surface area contributed by atoms with Gasteiger partial charge in [0.25, 0.3) is 0 Å². The van der Waals surface area contributed by atoms with Gasteiger partial charge in [-0.25, -0.2) is 0 Å². The van der Waals surface area contributed by atoms with Crippen LogP contribution in [0.25, 0.3) is 0 Å². The summed E-state index contributed by atoms with van der Waals surface area (Å²) in [6.07, 6.45) is 7.15. The molecule has 1 aliphatic carbocycles. The van der Waals surface area contributed by atoms with Gasteiger partial charge in [-0.2, -0.15) is 12.6 Å². The first-order chi connectivity index (χ1) is 5.40. The van der Waals surface area contributed by atoms with E-state index in [0.717, 1.165) is 17.7 Å². The van der Waals surface area contributed by atoms with Crippen LogP contribution in [0, 0.1) is 5.92 Å². The predicted molar refractivity (Wildman–Crippen MR) is 58.4 cm³/mol. The maximum Gasteiger partial charge on any atom is 0.0161 e. The van der Waals surface area contributed by atoms with Gasteiger partial charge in [-0.3, -0.25) is 0 Å². The number of hydrogen-bond donors (Lipinski definition) is 2. The highest BCUT2D eigenvalue weighted by Gasteiger charge is 2.33. The van der Waals surface area contributed by atoms with Crippen LogP contribution in [0.5, 0.6) is 0 Å². The molecule has 1 heterocycles. The van der Waals surface area contributed by atoms with Crippen molar-refractivity contribution in [2.45, 2.75) is 44.2 Å². The van der Waals surface area contributed by atoms with Crippen LogP contribution in [0.4, 0.5) is 0 Å². The monoisotopic (exact) mass is 207 g/mol. The second-order valence-corrected chi connectivity index (χ2v) is 4.30. The molecule has 0 unspecified atom stereocenters. The van der Waals surface area contributed by atoms with Crippen LogP contribution >= 0.6 is 25.0 Å². The van der Waals surface area contributed by atoms with Gasteiger partial charge in [0.15, 0.2) is 0 Å². The average molecular weight is 208 g/mol. The minimum atomic E-state index is 0. The Kier molecular flexibility index (Phi) is 4.21. The Morgan fingerprint density at radius 2 is 2.00 bits per heavy atom. The zero-order valence-corrected chi connectivity index (χ0v) is 9.04. The third kappa shape index (κ3) is 2.09. The summed E-state index contributed by atoms with van der Waals surface area (Å²) in [7, 11) is 0. The van der Waals surface area contributed by atoms with Gasteiger partial charge in [-0.15, -0.1) is 12.4 Å². The highest BCUT2D eigenvalue weighted by molar-refractivity contribution is 7.80. The molecule has 3 atom stereocenters. The van der Waals surface area contributed by atoms with Crippen molar-refractivity contribution in [1.29, 1.82) is 0 Å². The van der Waals surface area contributed by atoms with Crippen molar-refractivity contribution in [1.82, 2.24) is 5.32 Å². The van der Waals surface area contributed by atoms with Gasteiger partial charge < -0.3 is 5.32 Å². The van der Waals surface area contributed by atoms with E-state index >= 15 is 0 Å². The van der Waals surface area contributed by atoms with Crippen LogP contribution in [0.3, 0.4) is 0 Å². The van der Waals surface area contributed by atoms with E-state index in [1.807, 2.05) is 0 Å². The van der Waals surface area contributed by atoms with Crippen molar-refractivity contribution in [3.05, 3.63) is 0 Å². The number of rotatable bonds is 1. The van der Waals surface area contributed by atoms with Gasteiger partial charge in [0, 0.05) is 17.8 Å². The number of thiol groups is 1. The lowest BCUT2D eigenvalue weighted by Crippen LogP contribution is -2.33. The van der Waals surface area contributed by atoms with Crippen LogP contribution in [-0.4, -0.2) is 17.8 Å². The molecule has 2 aliphatic rings. The molecule has 12 heavy (non-hydrogen) atoms. The Morgan fingerprint density at radius 3 is 2.67 bits per heavy atom. The predicted octanol–water partition coefficient (Wildman–Crippen LogP) is 2.26. The topological polar surface area (TPSA) is 12.0 Å². The lowest BCUT2D eigenvalue weighted by molar-refractivity contribution is 0.326. The molecule has 1 aliphatic heterocycles. The van der Waals surface area contributed by atoms with Crippen LogP contribution in [0.15, 0.2) is 0 Å². The summed E-state index contributed by atoms with van der Waals surface area (Å²) < 4.78 is 0. The fraction of sp³-hybridized carbons (Fsp3) is 1.00. The summed E-state index contributed by atoms with van der Waals surface area (Å²) in [5, 5.41) is 3.67. The first-order valence-corrected chi connectivity index (χ1v) is 5.40. The standard InChI is InChI=1S/C9H17NS.ClH/c11-6-8-5-7-3-1-2-4-9(7)10-8;/h7-11H,1-6H2;1H/t7-,8-,9-;/m0./s1. The Bertz CT molecular complexity index is 128. The molecule has 0 aromatic heterocycles. The molecular formula is C9H18ClNS. The van der Waals surface area contributed by atoms with Gasteiger partial charge in [-0.1, -0.05) is 12.8 Å². The van der Waals surface area contributed by atoms with E-state index in [4.69, 9.17) is 0 Å². The summed E-state index contributed by atoms with van der Waals surface area (Å²) in [4.78, 5) is 0. The Labute approximate surface area is 86.5 Å². The largest absolute Gasteiger partial charge is 0.310 e. The summed E-state index contributed by atoms with van der Waals surface area (Å²) in [6, 6.07) is 1.56. The van der Waals surface area contributed by atoms with Gasteiger partial charge in [-0.05, 0) is 25.2 Å². The van der Waals surface area contributed by atoms with Gasteiger partial charge in [0.1, 0.15) is 0 Å². The molecule has 72 valence electrons. The van der Waals surface area contributed by atoms with Crippen LogP contribution in [0.2, 0.25) is 0 Å². The number of fused-ring (bicyclic) bond motifs is 1. The Hall–Kier alpha value is 0.600. The zero-order valence-electron chi connectivity index (χ0n) is 7.33. The van der Waals surface area contributed by atoms with Gasteiger partial charge in [0.05, 0.1) is 0 Å². The second kappa shape index (κ2) is 4.73. The molecule has 1 saturated heterocycles. The summed E-state index contributed by atoms with van der Waals surface area (Å²) in [5.41, 5.74) is 0. The van der Waals surface area contributed by atoms with E-state index < -0.39 is 0 Å². The van der Waals surface area contributed by atoms with E-state index in [1.54, 1.807) is 0 Å². The fourth-order valence-corrected chi connectivity index (χ4v) is 2.83. The second-order valence-electron chi connectivity index (χ2n) is 3.93. The van der Waals surface area contributed by atoms with Crippen molar-refractivity contribution < 1.29 is 0 Å². The molecule has 1 nitrogen and oxygen atoms in total. The number of nitrogens with one attached hydrogen (secondary N) is 1. The lowest BCUT2D eigenvalue weighted by atomic mass is 9.85. The van der Waals surface area contributed by atoms with E-state index in [9.17, 15) is 0 Å². The SMILES string of the molecule is Cl.SC[C@@H]1C[C@@H]2CCCC[C@@H]2N1. The summed E-state index contributed by atoms with van der Waals surface area (Å²) in [6.45, 7) is 0. The molecule has 0 radical (unpaired) electrons. The molecule has 2 fully saturated rings. The third-order valence-corrected chi connectivity index (χ3v) is 3.61. The molecule has 0 aromatic rings. The highest BCUT2D eigenvalue weighted by Crippen LogP contribution is 2.33. The average Bonchev–Trinajstić information content (AvgIpc) is 2.46. The van der Waals surface area contributed by atoms with Gasteiger partial charge in [0.2, 0.25) is 0 Å². The minimum Gasteiger partial charge on any atom is -0.310 e. The molecular weight excluding hydrogens is 190 g/mol. The number of halogens is 1. The molecule has 2 rings (SSSR count). The van der Waals surface area contributed by atoms with Crippen LogP contribution in [0.1, 0.15) is 32.1 Å². The molecule has 1 saturated carbocycles. The van der Waals surface area contributed by atoms with Crippen molar-refractivity contribution in [3.8, 4) is 0 Å². The van der Waals surface area contributed by atoms with Crippen LogP contribution < -0.4 is 5.32 Å². The zero-order chi connectivity index (χ0) is 7.68. The van der Waals surface area contributed by atoms with Crippen molar-refractivity contribution in [3.63, 3.8) is 0 Å². The maximum absolute atomic E-state index is 4.33. The van der Waals surface area contributed by atoms with Crippen LogP contribution in [-0.2, 0) is 0 Å². The van der Waals surface area contributed by atoms with E-state index in [-0.39, 0.29) is 12.4 Å². The van der Waals surface area contributed by atoms with E-state index in [2.05, 4.69) is 17.9 Å². The highest BCUT2D eigenvalue weighted by atomic mass is 35.5. The Morgan fingerprint density at radius 1 is 1.25 bits per heavy atom. The van der Waals surface area contributed by atoms with Gasteiger partial charge >= 0.3 is 0 Å². The third-order valence-electron chi connectivity index (χ3n) is 3.17. The number of hydrogen-bond acceptors (Lipinski definition) is 2. The summed E-state index contributed by atoms with van der Waals surface area (Å²) in [5.74, 6) is 2.01. The molecule has 0 spiro atoms. The molecule has 1 N–H and O–H groups in total. The minimum absolute atomic E-state index is 0. The lowest BCUT2D eigenvalue weighted by Gasteiger charge is -2.24. The van der Waals surface area contributed by atoms with Crippen molar-refractivity contribution in [2.24, 2.45) is 5.92 Å². The molecule has 0 aromatic carbocycles. The smallest absolute Gasteiger partial charge is 0.0161 e. The quantitative estimate of drug-likeness (QED) is 0.629. The van der Waals surface area contributed by atoms with E-state index in [0.29, 0.717) is 6.04 Å². The first-order valence-electron chi connectivity index (χ1n) is 4.77. The van der Waals surface area contributed by atoms with Crippen molar-refractivity contribution >= 4 is 25.0 Å². The van der Waals surface area contributed by atoms with E-state index in [1.165, 1.54) is 32.1 Å². The maximum atomic E-state index is 4.33.